The first kappa shape index (κ1) is 35.9. The predicted molar refractivity (Wildman–Crippen MR) is 174 cm³/mol. The minimum atomic E-state index is -4.35. The van der Waals surface area contributed by atoms with Crippen molar-refractivity contribution in [3.8, 4) is 0 Å². The highest BCUT2D eigenvalue weighted by atomic mass is 32.2. The number of aliphatic carboxylic acids is 1. The van der Waals surface area contributed by atoms with Crippen molar-refractivity contribution >= 4 is 27.9 Å². The lowest BCUT2D eigenvalue weighted by atomic mass is 9.81. The molecule has 48 heavy (non-hydrogen) atoms. The van der Waals surface area contributed by atoms with E-state index in [0.717, 1.165) is 16.8 Å². The summed E-state index contributed by atoms with van der Waals surface area (Å²) in [5.41, 5.74) is 0.982. The lowest BCUT2D eigenvalue weighted by Gasteiger charge is -2.31. The lowest BCUT2D eigenvalue weighted by molar-refractivity contribution is -0.158. The van der Waals surface area contributed by atoms with E-state index >= 15 is 0 Å². The van der Waals surface area contributed by atoms with E-state index in [9.17, 15) is 38.1 Å². The standard InChI is InChI=1S/C34H38N4O9S/c1-5-14-37-20-28(35-36-37)21-47-30(34(3,4)33(43)44)24-13-12-22(2)27(16-24)19-38(18-23-8-6-9-25(15-23)31(39)40)48(45,46)29-11-7-10-26(17-29)32(41)42/h6-13,15-17,20,30H,5,14,18-19,21H2,1-4H3,(H,39,40)(H,41,42)(H,43,44)/t30-/m1/s1. The smallest absolute Gasteiger partial charge is 0.335 e. The summed E-state index contributed by atoms with van der Waals surface area (Å²) in [6.07, 6.45) is 1.61. The van der Waals surface area contributed by atoms with Gasteiger partial charge in [0.25, 0.3) is 0 Å². The molecule has 1 aromatic heterocycles. The number of nitrogens with zero attached hydrogens (tertiary/aromatic N) is 4. The largest absolute Gasteiger partial charge is 0.481 e. The maximum Gasteiger partial charge on any atom is 0.335 e. The van der Waals surface area contributed by atoms with Gasteiger partial charge in [0.2, 0.25) is 10.0 Å². The first-order chi connectivity index (χ1) is 22.6. The summed E-state index contributed by atoms with van der Waals surface area (Å²) >= 11 is 0. The van der Waals surface area contributed by atoms with E-state index < -0.39 is 39.5 Å². The average Bonchev–Trinajstić information content (AvgIpc) is 3.49. The van der Waals surface area contributed by atoms with Crippen LogP contribution in [-0.2, 0) is 45.8 Å². The van der Waals surface area contributed by atoms with Crippen LogP contribution in [0.25, 0.3) is 0 Å². The van der Waals surface area contributed by atoms with E-state index in [4.69, 9.17) is 4.74 Å². The summed E-state index contributed by atoms with van der Waals surface area (Å²) in [6, 6.07) is 16.0. The van der Waals surface area contributed by atoms with Crippen molar-refractivity contribution in [2.45, 2.75) is 71.4 Å². The van der Waals surface area contributed by atoms with E-state index in [-0.39, 0.29) is 35.7 Å². The van der Waals surface area contributed by atoms with Crippen LogP contribution >= 0.6 is 0 Å². The summed E-state index contributed by atoms with van der Waals surface area (Å²) in [4.78, 5) is 35.5. The summed E-state index contributed by atoms with van der Waals surface area (Å²) < 4.78 is 37.2. The number of hydrogen-bond donors (Lipinski definition) is 3. The summed E-state index contributed by atoms with van der Waals surface area (Å²) in [5.74, 6) is -3.58. The molecule has 1 atom stereocenters. The van der Waals surface area contributed by atoms with Gasteiger partial charge in [-0.2, -0.15) is 4.31 Å². The first-order valence-corrected chi connectivity index (χ1v) is 16.6. The molecule has 14 heteroatoms. The van der Waals surface area contributed by atoms with Crippen molar-refractivity contribution in [2.24, 2.45) is 5.41 Å². The summed E-state index contributed by atoms with van der Waals surface area (Å²) in [6.45, 7) is 7.06. The third-order valence-electron chi connectivity index (χ3n) is 7.92. The Labute approximate surface area is 278 Å². The number of rotatable bonds is 16. The molecule has 0 saturated heterocycles. The number of carboxylic acid groups (broad SMARTS) is 3. The highest BCUT2D eigenvalue weighted by Gasteiger charge is 2.39. The van der Waals surface area contributed by atoms with Gasteiger partial charge in [-0.1, -0.05) is 48.5 Å². The minimum Gasteiger partial charge on any atom is -0.481 e. The Hall–Kier alpha value is -4.92. The van der Waals surface area contributed by atoms with Crippen LogP contribution in [0.5, 0.6) is 0 Å². The molecule has 0 fully saturated rings. The second-order valence-corrected chi connectivity index (χ2v) is 13.9. The van der Waals surface area contributed by atoms with E-state index in [1.165, 1.54) is 50.2 Å². The average molecular weight is 679 g/mol. The minimum absolute atomic E-state index is 0.0192. The molecule has 0 radical (unpaired) electrons. The molecule has 3 aromatic carbocycles. The number of benzene rings is 3. The van der Waals surface area contributed by atoms with Crippen molar-refractivity contribution in [2.75, 3.05) is 0 Å². The van der Waals surface area contributed by atoms with Gasteiger partial charge < -0.3 is 20.1 Å². The molecule has 0 unspecified atom stereocenters. The van der Waals surface area contributed by atoms with Crippen molar-refractivity contribution in [3.63, 3.8) is 0 Å². The highest BCUT2D eigenvalue weighted by molar-refractivity contribution is 7.89. The number of aryl methyl sites for hydroxylation is 2. The first-order valence-electron chi connectivity index (χ1n) is 15.1. The topological polar surface area (TPSA) is 189 Å². The summed E-state index contributed by atoms with van der Waals surface area (Å²) in [5, 5.41) is 37.4. The molecule has 0 spiro atoms. The molecule has 0 aliphatic heterocycles. The molecule has 13 nitrogen and oxygen atoms in total. The number of ether oxygens (including phenoxy) is 1. The fourth-order valence-electron chi connectivity index (χ4n) is 5.13. The molecule has 1 heterocycles. The van der Waals surface area contributed by atoms with Gasteiger partial charge in [0.15, 0.2) is 0 Å². The number of aromatic nitrogens is 3. The van der Waals surface area contributed by atoms with Gasteiger partial charge in [0, 0.05) is 19.6 Å². The number of carbonyl (C=O) groups is 3. The van der Waals surface area contributed by atoms with Crippen LogP contribution in [-0.4, -0.2) is 60.9 Å². The molecule has 4 aromatic rings. The predicted octanol–water partition coefficient (Wildman–Crippen LogP) is 5.15. The van der Waals surface area contributed by atoms with Gasteiger partial charge in [-0.05, 0) is 79.8 Å². The van der Waals surface area contributed by atoms with E-state index in [1.807, 2.05) is 6.92 Å². The monoisotopic (exact) mass is 678 g/mol. The van der Waals surface area contributed by atoms with Crippen LogP contribution in [0.3, 0.4) is 0 Å². The van der Waals surface area contributed by atoms with Crippen molar-refractivity contribution in [1.82, 2.24) is 19.3 Å². The van der Waals surface area contributed by atoms with E-state index in [1.54, 1.807) is 42.1 Å². The Morgan fingerprint density at radius 1 is 0.938 bits per heavy atom. The second kappa shape index (κ2) is 14.9. The Bertz CT molecular complexity index is 1920. The number of sulfonamides is 1. The Morgan fingerprint density at radius 3 is 2.25 bits per heavy atom. The van der Waals surface area contributed by atoms with Gasteiger partial charge >= 0.3 is 17.9 Å². The van der Waals surface area contributed by atoms with Crippen molar-refractivity contribution in [1.29, 1.82) is 0 Å². The van der Waals surface area contributed by atoms with Gasteiger partial charge in [0.1, 0.15) is 5.69 Å². The fraction of sp³-hybridized carbons (Fsp3) is 0.324. The zero-order chi connectivity index (χ0) is 35.2. The molecule has 0 bridgehead atoms. The summed E-state index contributed by atoms with van der Waals surface area (Å²) in [7, 11) is -4.35. The van der Waals surface area contributed by atoms with Gasteiger partial charge in [-0.25, -0.2) is 18.0 Å². The van der Waals surface area contributed by atoms with Crippen LogP contribution in [0, 0.1) is 12.3 Å². The third-order valence-corrected chi connectivity index (χ3v) is 9.71. The van der Waals surface area contributed by atoms with Crippen LogP contribution < -0.4 is 0 Å². The SMILES string of the molecule is CCCn1cc(CO[C@H](c2ccc(C)c(CN(Cc3cccc(C(=O)O)c3)S(=O)(=O)c3cccc(C(=O)O)c3)c2)C(C)(C)C(=O)O)nn1. The number of carboxylic acids is 3. The Balaban J connectivity index is 1.76. The Morgan fingerprint density at radius 2 is 1.60 bits per heavy atom. The van der Waals surface area contributed by atoms with Crippen LogP contribution in [0.4, 0.5) is 0 Å². The molecule has 0 aliphatic rings. The van der Waals surface area contributed by atoms with E-state index in [0.29, 0.717) is 34.5 Å². The maximum absolute atomic E-state index is 14.1. The van der Waals surface area contributed by atoms with Gasteiger partial charge in [-0.3, -0.25) is 9.48 Å². The molecule has 3 N–H and O–H groups in total. The molecular formula is C34H38N4O9S. The van der Waals surface area contributed by atoms with Gasteiger partial charge in [0.05, 0.1) is 40.3 Å². The number of hydrogen-bond acceptors (Lipinski definition) is 8. The van der Waals surface area contributed by atoms with Crippen LogP contribution in [0.15, 0.2) is 77.8 Å². The highest BCUT2D eigenvalue weighted by Crippen LogP contribution is 2.38. The molecule has 0 aliphatic carbocycles. The molecular weight excluding hydrogens is 640 g/mol. The fourth-order valence-corrected chi connectivity index (χ4v) is 6.58. The van der Waals surface area contributed by atoms with Crippen LogP contribution in [0.2, 0.25) is 0 Å². The number of aromatic carboxylic acids is 2. The lowest BCUT2D eigenvalue weighted by Crippen LogP contribution is -2.33. The molecule has 0 amide bonds. The normalized spacial score (nSPS) is 12.6. The zero-order valence-electron chi connectivity index (χ0n) is 27.0. The Kier molecular flexibility index (Phi) is 11.1. The quantitative estimate of drug-likeness (QED) is 0.142. The van der Waals surface area contributed by atoms with E-state index in [2.05, 4.69) is 10.3 Å². The van der Waals surface area contributed by atoms with Crippen molar-refractivity contribution < 1.29 is 42.9 Å². The molecule has 4 rings (SSSR count). The zero-order valence-corrected chi connectivity index (χ0v) is 27.8. The maximum atomic E-state index is 14.1. The van der Waals surface area contributed by atoms with Gasteiger partial charge in [-0.15, -0.1) is 5.10 Å². The van der Waals surface area contributed by atoms with Crippen LogP contribution in [0.1, 0.15) is 82.0 Å². The van der Waals surface area contributed by atoms with Crippen molar-refractivity contribution in [3.05, 3.63) is 112 Å². The third kappa shape index (κ3) is 8.32. The molecule has 0 saturated carbocycles. The second-order valence-electron chi connectivity index (χ2n) is 12.0. The molecule has 254 valence electrons.